The van der Waals surface area contributed by atoms with Crippen LogP contribution in [0.5, 0.6) is 5.75 Å². The highest BCUT2D eigenvalue weighted by molar-refractivity contribution is 6.30. The van der Waals surface area contributed by atoms with Crippen molar-refractivity contribution in [2.24, 2.45) is 5.92 Å². The Balaban J connectivity index is 1.52. The van der Waals surface area contributed by atoms with Gasteiger partial charge in [0, 0.05) is 11.6 Å². The highest BCUT2D eigenvalue weighted by Gasteiger charge is 2.41. The van der Waals surface area contributed by atoms with Gasteiger partial charge in [0.25, 0.3) is 0 Å². The van der Waals surface area contributed by atoms with Crippen LogP contribution in [0.1, 0.15) is 38.5 Å². The van der Waals surface area contributed by atoms with E-state index in [1.807, 2.05) is 12.1 Å². The van der Waals surface area contributed by atoms with Gasteiger partial charge in [0.2, 0.25) is 0 Å². The Morgan fingerprint density at radius 2 is 2.00 bits per heavy atom. The van der Waals surface area contributed by atoms with E-state index in [9.17, 15) is 5.11 Å². The van der Waals surface area contributed by atoms with E-state index in [1.54, 1.807) is 12.1 Å². The Morgan fingerprint density at radius 1 is 1.29 bits per heavy atom. The van der Waals surface area contributed by atoms with Crippen LogP contribution >= 0.6 is 11.6 Å². The maximum Gasteiger partial charge on any atom is 0.119 e. The molecule has 1 saturated heterocycles. The zero-order valence-corrected chi connectivity index (χ0v) is 13.0. The molecule has 21 heavy (non-hydrogen) atoms. The molecule has 2 fully saturated rings. The minimum atomic E-state index is -0.429. The van der Waals surface area contributed by atoms with E-state index in [4.69, 9.17) is 21.1 Å². The molecule has 2 unspecified atom stereocenters. The second kappa shape index (κ2) is 6.55. The van der Waals surface area contributed by atoms with E-state index in [2.05, 4.69) is 0 Å². The number of halogens is 1. The lowest BCUT2D eigenvalue weighted by atomic mass is 9.82. The molecule has 1 heterocycles. The predicted molar refractivity (Wildman–Crippen MR) is 82.8 cm³/mol. The molecule has 1 aliphatic carbocycles. The van der Waals surface area contributed by atoms with Gasteiger partial charge >= 0.3 is 0 Å². The predicted octanol–water partition coefficient (Wildman–Crippen LogP) is 3.82. The summed E-state index contributed by atoms with van der Waals surface area (Å²) in [6, 6.07) is 7.26. The molecule has 0 amide bonds. The van der Waals surface area contributed by atoms with Gasteiger partial charge in [0.15, 0.2) is 0 Å². The first-order chi connectivity index (χ1) is 10.2. The highest BCUT2D eigenvalue weighted by Crippen LogP contribution is 2.42. The van der Waals surface area contributed by atoms with Crippen molar-refractivity contribution in [2.45, 2.75) is 50.2 Å². The van der Waals surface area contributed by atoms with Gasteiger partial charge in [0.05, 0.1) is 11.7 Å². The Morgan fingerprint density at radius 3 is 2.71 bits per heavy atom. The number of hydrogen-bond donors (Lipinski definition) is 1. The summed E-state index contributed by atoms with van der Waals surface area (Å²) in [5.41, 5.74) is 0.0458. The van der Waals surface area contributed by atoms with Crippen molar-refractivity contribution in [3.8, 4) is 5.75 Å². The molecule has 3 nitrogen and oxygen atoms in total. The molecule has 116 valence electrons. The number of aliphatic hydroxyl groups excluding tert-OH is 1. The summed E-state index contributed by atoms with van der Waals surface area (Å²) in [5.74, 6) is 1.03. The first-order valence-corrected chi connectivity index (χ1v) is 8.25. The van der Waals surface area contributed by atoms with Crippen LogP contribution in [0.3, 0.4) is 0 Å². The lowest BCUT2D eigenvalue weighted by molar-refractivity contribution is -0.116. The normalized spacial score (nSPS) is 25.9. The number of hydrogen-bond acceptors (Lipinski definition) is 3. The van der Waals surface area contributed by atoms with Crippen LogP contribution in [0.25, 0.3) is 0 Å². The van der Waals surface area contributed by atoms with Crippen LogP contribution in [0, 0.1) is 5.92 Å². The van der Waals surface area contributed by atoms with Crippen molar-refractivity contribution in [1.29, 1.82) is 0 Å². The van der Waals surface area contributed by atoms with Gasteiger partial charge in [-0.2, -0.15) is 0 Å². The Labute approximate surface area is 131 Å². The van der Waals surface area contributed by atoms with Crippen LogP contribution in [0.15, 0.2) is 24.3 Å². The van der Waals surface area contributed by atoms with Crippen molar-refractivity contribution in [1.82, 2.24) is 0 Å². The van der Waals surface area contributed by atoms with Crippen LogP contribution in [0.4, 0.5) is 0 Å². The molecule has 1 aliphatic heterocycles. The number of benzene rings is 1. The Kier molecular flexibility index (Phi) is 4.72. The topological polar surface area (TPSA) is 38.7 Å². The van der Waals surface area contributed by atoms with Crippen LogP contribution in [0.2, 0.25) is 5.02 Å². The number of ether oxygens (including phenoxy) is 2. The standard InChI is InChI=1S/C17H23ClO3/c18-14-3-5-15(6-4-14)20-12-16(19)13-7-10-21-17(11-13)8-1-2-9-17/h3-6,13,16,19H,1-2,7-12H2. The van der Waals surface area contributed by atoms with E-state index in [0.29, 0.717) is 11.6 Å². The van der Waals surface area contributed by atoms with Gasteiger partial charge in [-0.1, -0.05) is 24.4 Å². The Hall–Kier alpha value is -0.770. The molecule has 2 atom stereocenters. The first kappa shape index (κ1) is 15.1. The quantitative estimate of drug-likeness (QED) is 0.919. The van der Waals surface area contributed by atoms with Crippen molar-refractivity contribution in [3.05, 3.63) is 29.3 Å². The summed E-state index contributed by atoms with van der Waals surface area (Å²) in [6.45, 7) is 1.10. The van der Waals surface area contributed by atoms with Gasteiger partial charge in [0.1, 0.15) is 12.4 Å². The SMILES string of the molecule is OC(COc1ccc(Cl)cc1)C1CCOC2(CCCC2)C1. The van der Waals surface area contributed by atoms with Gasteiger partial charge in [-0.15, -0.1) is 0 Å². The summed E-state index contributed by atoms with van der Waals surface area (Å²) in [5, 5.41) is 11.1. The van der Waals surface area contributed by atoms with Gasteiger partial charge in [-0.3, -0.25) is 0 Å². The fraction of sp³-hybridized carbons (Fsp3) is 0.647. The molecule has 0 radical (unpaired) electrons. The fourth-order valence-electron chi connectivity index (χ4n) is 3.61. The maximum atomic E-state index is 10.4. The molecule has 3 rings (SSSR count). The smallest absolute Gasteiger partial charge is 0.119 e. The van der Waals surface area contributed by atoms with Crippen LogP contribution in [-0.4, -0.2) is 30.0 Å². The third kappa shape index (κ3) is 3.71. The van der Waals surface area contributed by atoms with Crippen molar-refractivity contribution >= 4 is 11.6 Å². The summed E-state index contributed by atoms with van der Waals surface area (Å²) in [7, 11) is 0. The third-order valence-corrected chi connectivity index (χ3v) is 5.08. The van der Waals surface area contributed by atoms with Crippen LogP contribution in [-0.2, 0) is 4.74 Å². The monoisotopic (exact) mass is 310 g/mol. The molecule has 1 N–H and O–H groups in total. The number of rotatable bonds is 4. The van der Waals surface area contributed by atoms with Gasteiger partial charge in [-0.25, -0.2) is 0 Å². The molecule has 1 spiro atoms. The summed E-state index contributed by atoms with van der Waals surface area (Å²) >= 11 is 5.85. The largest absolute Gasteiger partial charge is 0.491 e. The third-order valence-electron chi connectivity index (χ3n) is 4.82. The second-order valence-electron chi connectivity index (χ2n) is 6.32. The summed E-state index contributed by atoms with van der Waals surface area (Å²) in [4.78, 5) is 0. The molecule has 1 saturated carbocycles. The molecule has 1 aromatic rings. The molecular formula is C17H23ClO3. The average Bonchev–Trinajstić information content (AvgIpc) is 2.94. The van der Waals surface area contributed by atoms with E-state index in [0.717, 1.165) is 38.0 Å². The number of aliphatic hydroxyl groups is 1. The van der Waals surface area contributed by atoms with E-state index in [-0.39, 0.29) is 11.5 Å². The van der Waals surface area contributed by atoms with Crippen molar-refractivity contribution < 1.29 is 14.6 Å². The minimum absolute atomic E-state index is 0.0458. The van der Waals surface area contributed by atoms with E-state index >= 15 is 0 Å². The molecule has 1 aromatic carbocycles. The van der Waals surface area contributed by atoms with E-state index < -0.39 is 6.10 Å². The molecule has 0 aromatic heterocycles. The molecule has 2 aliphatic rings. The van der Waals surface area contributed by atoms with Crippen molar-refractivity contribution in [2.75, 3.05) is 13.2 Å². The fourth-order valence-corrected chi connectivity index (χ4v) is 3.74. The molecular weight excluding hydrogens is 288 g/mol. The minimum Gasteiger partial charge on any atom is -0.491 e. The maximum absolute atomic E-state index is 10.4. The van der Waals surface area contributed by atoms with Crippen LogP contribution < -0.4 is 4.74 Å². The van der Waals surface area contributed by atoms with Gasteiger partial charge < -0.3 is 14.6 Å². The average molecular weight is 311 g/mol. The lowest BCUT2D eigenvalue weighted by Gasteiger charge is -2.39. The van der Waals surface area contributed by atoms with Gasteiger partial charge in [-0.05, 0) is 55.9 Å². The molecule has 0 bridgehead atoms. The Bertz CT molecular complexity index is 454. The van der Waals surface area contributed by atoms with E-state index in [1.165, 1.54) is 12.8 Å². The molecule has 4 heteroatoms. The van der Waals surface area contributed by atoms with Crippen molar-refractivity contribution in [3.63, 3.8) is 0 Å². The zero-order valence-electron chi connectivity index (χ0n) is 12.3. The zero-order chi connectivity index (χ0) is 14.7. The second-order valence-corrected chi connectivity index (χ2v) is 6.76. The lowest BCUT2D eigenvalue weighted by Crippen LogP contribution is -2.42. The first-order valence-electron chi connectivity index (χ1n) is 7.87. The summed E-state index contributed by atoms with van der Waals surface area (Å²) in [6.07, 6.45) is 6.27. The summed E-state index contributed by atoms with van der Waals surface area (Å²) < 4.78 is 11.7. The highest BCUT2D eigenvalue weighted by atomic mass is 35.5.